The van der Waals surface area contributed by atoms with Crippen LogP contribution in [0.5, 0.6) is 11.5 Å². The zero-order valence-corrected chi connectivity index (χ0v) is 11.5. The van der Waals surface area contributed by atoms with Crippen molar-refractivity contribution in [2.75, 3.05) is 7.11 Å². The van der Waals surface area contributed by atoms with Crippen molar-refractivity contribution in [2.45, 2.75) is 0 Å². The number of nitrogens with one attached hydrogen (secondary N) is 1. The molecule has 0 atom stereocenters. The zero-order valence-electron chi connectivity index (χ0n) is 11.5. The number of hydrogen-bond acceptors (Lipinski definition) is 3. The van der Waals surface area contributed by atoms with Gasteiger partial charge in [0.05, 0.1) is 7.11 Å². The van der Waals surface area contributed by atoms with Crippen LogP contribution in [0.1, 0.15) is 10.4 Å². The summed E-state index contributed by atoms with van der Waals surface area (Å²) in [7, 11) is 1.20. The number of esters is 1. The van der Waals surface area contributed by atoms with Crippen molar-refractivity contribution < 1.29 is 23.0 Å². The fraction of sp³-hybridized carbons (Fsp3) is 0.0625. The molecule has 112 valence electrons. The van der Waals surface area contributed by atoms with Gasteiger partial charge in [-0.15, -0.1) is 0 Å². The quantitative estimate of drug-likeness (QED) is 0.743. The van der Waals surface area contributed by atoms with E-state index in [2.05, 4.69) is 9.72 Å². The number of fused-ring (bicyclic) bond motifs is 1. The number of rotatable bonds is 3. The summed E-state index contributed by atoms with van der Waals surface area (Å²) in [5.41, 5.74) is 0.620. The third-order valence-electron chi connectivity index (χ3n) is 3.20. The zero-order chi connectivity index (χ0) is 15.7. The first kappa shape index (κ1) is 14.1. The van der Waals surface area contributed by atoms with E-state index in [4.69, 9.17) is 4.74 Å². The van der Waals surface area contributed by atoms with Gasteiger partial charge in [-0.3, -0.25) is 0 Å². The topological polar surface area (TPSA) is 51.3 Å². The maximum absolute atomic E-state index is 14.3. The van der Waals surface area contributed by atoms with Crippen LogP contribution in [0, 0.1) is 11.6 Å². The number of benzene rings is 2. The molecule has 2 aromatic carbocycles. The predicted octanol–water partition coefficient (Wildman–Crippen LogP) is 4.03. The summed E-state index contributed by atoms with van der Waals surface area (Å²) >= 11 is 0. The summed E-state index contributed by atoms with van der Waals surface area (Å²) in [6.45, 7) is 0. The number of methoxy groups -OCH3 is 1. The normalized spacial score (nSPS) is 10.7. The number of aromatic nitrogens is 1. The molecule has 0 radical (unpaired) electrons. The van der Waals surface area contributed by atoms with Gasteiger partial charge in [0, 0.05) is 23.2 Å². The van der Waals surface area contributed by atoms with Crippen LogP contribution in [0.15, 0.2) is 42.6 Å². The Morgan fingerprint density at radius 3 is 2.68 bits per heavy atom. The van der Waals surface area contributed by atoms with Crippen LogP contribution in [0.3, 0.4) is 0 Å². The van der Waals surface area contributed by atoms with Gasteiger partial charge in [0.2, 0.25) is 0 Å². The molecule has 0 saturated carbocycles. The first-order chi connectivity index (χ1) is 10.6. The first-order valence-electron chi connectivity index (χ1n) is 6.41. The molecule has 22 heavy (non-hydrogen) atoms. The number of hydrogen-bond donors (Lipinski definition) is 1. The molecule has 3 rings (SSSR count). The molecular formula is C16H11F2NO3. The lowest BCUT2D eigenvalue weighted by Gasteiger charge is -2.11. The number of aromatic amines is 1. The molecule has 1 heterocycles. The highest BCUT2D eigenvalue weighted by Crippen LogP contribution is 2.32. The third-order valence-corrected chi connectivity index (χ3v) is 3.20. The van der Waals surface area contributed by atoms with Gasteiger partial charge < -0.3 is 14.5 Å². The second-order valence-corrected chi connectivity index (χ2v) is 4.55. The van der Waals surface area contributed by atoms with E-state index in [0.717, 1.165) is 12.1 Å². The van der Waals surface area contributed by atoms with Gasteiger partial charge in [0.25, 0.3) is 0 Å². The molecule has 0 aliphatic rings. The van der Waals surface area contributed by atoms with Crippen molar-refractivity contribution in [1.82, 2.24) is 4.98 Å². The summed E-state index contributed by atoms with van der Waals surface area (Å²) in [5, 5.41) is 0.341. The number of H-pyrrole nitrogens is 1. The summed E-state index contributed by atoms with van der Waals surface area (Å²) in [5.74, 6) is -2.12. The van der Waals surface area contributed by atoms with Crippen LogP contribution in [-0.2, 0) is 4.74 Å². The highest BCUT2D eigenvalue weighted by molar-refractivity contribution is 5.92. The number of carbonyl (C=O) groups excluding carboxylic acids is 1. The molecule has 1 N–H and O–H groups in total. The van der Waals surface area contributed by atoms with Gasteiger partial charge in [-0.25, -0.2) is 13.6 Å². The van der Waals surface area contributed by atoms with Crippen molar-refractivity contribution in [3.8, 4) is 11.5 Å². The van der Waals surface area contributed by atoms with Gasteiger partial charge in [0.15, 0.2) is 11.6 Å². The molecule has 3 aromatic rings. The minimum Gasteiger partial charge on any atom is -0.465 e. The van der Waals surface area contributed by atoms with Gasteiger partial charge in [-0.2, -0.15) is 0 Å². The molecule has 0 aliphatic heterocycles. The second-order valence-electron chi connectivity index (χ2n) is 4.55. The third kappa shape index (κ3) is 2.39. The number of halogens is 2. The molecule has 4 nitrogen and oxygen atoms in total. The molecule has 0 unspecified atom stereocenters. The summed E-state index contributed by atoms with van der Waals surface area (Å²) < 4.78 is 37.7. The SMILES string of the molecule is COC(=O)c1ccc(F)cc1Oc1ccc2[nH]ccc2c1F. The predicted molar refractivity (Wildman–Crippen MR) is 76.1 cm³/mol. The van der Waals surface area contributed by atoms with Crippen LogP contribution in [0.4, 0.5) is 8.78 Å². The average molecular weight is 303 g/mol. The van der Waals surface area contributed by atoms with Gasteiger partial charge >= 0.3 is 5.97 Å². The molecule has 0 aliphatic carbocycles. The van der Waals surface area contributed by atoms with E-state index >= 15 is 0 Å². The molecule has 0 spiro atoms. The lowest BCUT2D eigenvalue weighted by atomic mass is 10.2. The number of carbonyl (C=O) groups is 1. The lowest BCUT2D eigenvalue weighted by Crippen LogP contribution is -2.04. The van der Waals surface area contributed by atoms with E-state index in [9.17, 15) is 13.6 Å². The maximum atomic E-state index is 14.3. The Kier molecular flexibility index (Phi) is 3.50. The molecule has 6 heteroatoms. The van der Waals surface area contributed by atoms with Crippen molar-refractivity contribution in [3.63, 3.8) is 0 Å². The average Bonchev–Trinajstić information content (AvgIpc) is 2.99. The summed E-state index contributed by atoms with van der Waals surface area (Å²) in [6.07, 6.45) is 1.60. The van der Waals surface area contributed by atoms with Crippen LogP contribution < -0.4 is 4.74 Å². The van der Waals surface area contributed by atoms with Crippen LogP contribution in [0.2, 0.25) is 0 Å². The monoisotopic (exact) mass is 303 g/mol. The van der Waals surface area contributed by atoms with E-state index in [1.54, 1.807) is 18.3 Å². The van der Waals surface area contributed by atoms with Crippen molar-refractivity contribution >= 4 is 16.9 Å². The van der Waals surface area contributed by atoms with E-state index in [-0.39, 0.29) is 17.1 Å². The Labute approximate surface area is 124 Å². The lowest BCUT2D eigenvalue weighted by molar-refractivity contribution is 0.0597. The van der Waals surface area contributed by atoms with Gasteiger partial charge in [-0.1, -0.05) is 0 Å². The van der Waals surface area contributed by atoms with Crippen molar-refractivity contribution in [2.24, 2.45) is 0 Å². The Morgan fingerprint density at radius 2 is 1.91 bits per heavy atom. The minimum absolute atomic E-state index is 0.0115. The fourth-order valence-corrected chi connectivity index (χ4v) is 2.13. The van der Waals surface area contributed by atoms with Gasteiger partial charge in [-0.05, 0) is 30.3 Å². The van der Waals surface area contributed by atoms with Crippen LogP contribution in [-0.4, -0.2) is 18.1 Å². The fourth-order valence-electron chi connectivity index (χ4n) is 2.13. The minimum atomic E-state index is -0.696. The number of ether oxygens (including phenoxy) is 2. The second kappa shape index (κ2) is 5.48. The molecule has 0 saturated heterocycles. The standard InChI is InChI=1S/C16H11F2NO3/c1-21-16(20)11-3-2-9(17)8-14(11)22-13-5-4-12-10(15(13)18)6-7-19-12/h2-8,19H,1H3. The first-order valence-corrected chi connectivity index (χ1v) is 6.41. The van der Waals surface area contributed by atoms with E-state index < -0.39 is 17.6 Å². The molecule has 1 aromatic heterocycles. The largest absolute Gasteiger partial charge is 0.465 e. The van der Waals surface area contributed by atoms with E-state index in [1.165, 1.54) is 19.2 Å². The smallest absolute Gasteiger partial charge is 0.341 e. The Morgan fingerprint density at radius 1 is 1.09 bits per heavy atom. The highest BCUT2D eigenvalue weighted by Gasteiger charge is 2.17. The Hall–Kier alpha value is -2.89. The van der Waals surface area contributed by atoms with E-state index in [0.29, 0.717) is 10.9 Å². The molecule has 0 amide bonds. The Bertz CT molecular complexity index is 858. The Balaban J connectivity index is 2.06. The molecular weight excluding hydrogens is 292 g/mol. The summed E-state index contributed by atoms with van der Waals surface area (Å²) in [6, 6.07) is 7.93. The van der Waals surface area contributed by atoms with Crippen LogP contribution in [0.25, 0.3) is 10.9 Å². The van der Waals surface area contributed by atoms with Crippen molar-refractivity contribution in [1.29, 1.82) is 0 Å². The molecule has 0 fully saturated rings. The van der Waals surface area contributed by atoms with Crippen molar-refractivity contribution in [3.05, 3.63) is 59.8 Å². The van der Waals surface area contributed by atoms with E-state index in [1.807, 2.05) is 0 Å². The summed E-state index contributed by atoms with van der Waals surface area (Å²) in [4.78, 5) is 14.5. The molecule has 0 bridgehead atoms. The van der Waals surface area contributed by atoms with Gasteiger partial charge in [0.1, 0.15) is 17.1 Å². The highest BCUT2D eigenvalue weighted by atomic mass is 19.1. The maximum Gasteiger partial charge on any atom is 0.341 e. The van der Waals surface area contributed by atoms with Crippen LogP contribution >= 0.6 is 0 Å².